The lowest BCUT2D eigenvalue weighted by molar-refractivity contribution is 0.448. The molecule has 1 fully saturated rings. The number of fused-ring (bicyclic) bond motifs is 1. The Morgan fingerprint density at radius 3 is 2.95 bits per heavy atom. The van der Waals surface area contributed by atoms with Crippen LogP contribution in [-0.2, 0) is 0 Å². The van der Waals surface area contributed by atoms with Gasteiger partial charge in [0.2, 0.25) is 5.82 Å². The van der Waals surface area contributed by atoms with Crippen LogP contribution >= 0.6 is 0 Å². The minimum atomic E-state index is 0.461. The highest BCUT2D eigenvalue weighted by Gasteiger charge is 2.20. The van der Waals surface area contributed by atoms with Crippen molar-refractivity contribution in [1.29, 1.82) is 0 Å². The van der Waals surface area contributed by atoms with E-state index in [2.05, 4.69) is 25.4 Å². The summed E-state index contributed by atoms with van der Waals surface area (Å²) in [5.41, 5.74) is 1.94. The maximum Gasteiger partial charge on any atom is 0.252 e. The molecule has 3 aromatic rings. The van der Waals surface area contributed by atoms with Gasteiger partial charge < -0.3 is 5.32 Å². The number of aromatic nitrogens is 5. The van der Waals surface area contributed by atoms with Crippen LogP contribution in [0, 0.1) is 0 Å². The minimum Gasteiger partial charge on any atom is -0.316 e. The van der Waals surface area contributed by atoms with Gasteiger partial charge in [-0.25, -0.2) is 9.50 Å². The normalized spacial score (nSPS) is 19.0. The van der Waals surface area contributed by atoms with E-state index in [-0.39, 0.29) is 0 Å². The zero-order chi connectivity index (χ0) is 14.1. The Balaban J connectivity index is 1.80. The van der Waals surface area contributed by atoms with Crippen molar-refractivity contribution in [3.63, 3.8) is 0 Å². The first kappa shape index (κ1) is 12.4. The van der Waals surface area contributed by atoms with E-state index in [0.29, 0.717) is 17.5 Å². The van der Waals surface area contributed by atoms with E-state index in [1.54, 1.807) is 6.20 Å². The molecule has 1 N–H and O–H groups in total. The van der Waals surface area contributed by atoms with Gasteiger partial charge in [0.1, 0.15) is 5.69 Å². The standard InChI is InChI=1S/C15H16N6/c1-2-8-17-12(5-1)14-19-15-18-9-6-13(21(15)20-14)11-4-3-7-16-10-11/h1-2,5-6,8-9,11,16H,3-4,7,10H2. The second kappa shape index (κ2) is 5.21. The van der Waals surface area contributed by atoms with E-state index in [9.17, 15) is 0 Å². The van der Waals surface area contributed by atoms with Crippen LogP contribution in [0.2, 0.25) is 0 Å². The van der Waals surface area contributed by atoms with Gasteiger partial charge in [-0.3, -0.25) is 4.98 Å². The molecule has 0 aliphatic carbocycles. The SMILES string of the molecule is c1ccc(-c2nc3nccc(C4CCCNC4)n3n2)nc1. The van der Waals surface area contributed by atoms with Crippen molar-refractivity contribution in [2.24, 2.45) is 0 Å². The monoisotopic (exact) mass is 280 g/mol. The molecular formula is C15H16N6. The van der Waals surface area contributed by atoms with E-state index in [0.717, 1.165) is 18.8 Å². The highest BCUT2D eigenvalue weighted by Crippen LogP contribution is 2.23. The van der Waals surface area contributed by atoms with Gasteiger partial charge in [0.05, 0.1) is 5.69 Å². The highest BCUT2D eigenvalue weighted by atomic mass is 15.3. The first-order chi connectivity index (χ1) is 10.4. The fourth-order valence-corrected chi connectivity index (χ4v) is 2.83. The molecule has 6 heteroatoms. The zero-order valence-electron chi connectivity index (χ0n) is 11.6. The van der Waals surface area contributed by atoms with Gasteiger partial charge in [0.15, 0.2) is 0 Å². The quantitative estimate of drug-likeness (QED) is 0.773. The minimum absolute atomic E-state index is 0.461. The third kappa shape index (κ3) is 2.27. The van der Waals surface area contributed by atoms with Crippen LogP contribution in [0.25, 0.3) is 17.3 Å². The third-order valence-corrected chi connectivity index (χ3v) is 3.88. The first-order valence-corrected chi connectivity index (χ1v) is 7.25. The first-order valence-electron chi connectivity index (χ1n) is 7.25. The van der Waals surface area contributed by atoms with Gasteiger partial charge in [0.25, 0.3) is 5.78 Å². The van der Waals surface area contributed by atoms with Crippen LogP contribution in [0.15, 0.2) is 36.7 Å². The van der Waals surface area contributed by atoms with Gasteiger partial charge in [-0.2, -0.15) is 4.98 Å². The Morgan fingerprint density at radius 2 is 2.14 bits per heavy atom. The van der Waals surface area contributed by atoms with Gasteiger partial charge >= 0.3 is 0 Å². The number of rotatable bonds is 2. The van der Waals surface area contributed by atoms with Gasteiger partial charge in [-0.05, 0) is 37.6 Å². The molecular weight excluding hydrogens is 264 g/mol. The summed E-state index contributed by atoms with van der Waals surface area (Å²) in [6, 6.07) is 7.78. The molecule has 1 saturated heterocycles. The molecule has 106 valence electrons. The molecule has 1 atom stereocenters. The number of hydrogen-bond acceptors (Lipinski definition) is 5. The maximum absolute atomic E-state index is 4.61. The summed E-state index contributed by atoms with van der Waals surface area (Å²) in [6.45, 7) is 2.08. The number of nitrogens with zero attached hydrogens (tertiary/aromatic N) is 5. The summed E-state index contributed by atoms with van der Waals surface area (Å²) in [7, 11) is 0. The van der Waals surface area contributed by atoms with Crippen molar-refractivity contribution in [1.82, 2.24) is 29.9 Å². The molecule has 0 bridgehead atoms. The van der Waals surface area contributed by atoms with Gasteiger partial charge in [0, 0.05) is 24.9 Å². The zero-order valence-corrected chi connectivity index (χ0v) is 11.6. The average Bonchev–Trinajstić information content (AvgIpc) is 3.00. The Bertz CT molecular complexity index is 745. The summed E-state index contributed by atoms with van der Waals surface area (Å²) in [5.74, 6) is 1.72. The summed E-state index contributed by atoms with van der Waals surface area (Å²) in [6.07, 6.45) is 5.93. The highest BCUT2D eigenvalue weighted by molar-refractivity contribution is 5.51. The Morgan fingerprint density at radius 1 is 1.14 bits per heavy atom. The van der Waals surface area contributed by atoms with Crippen molar-refractivity contribution >= 4 is 5.78 Å². The number of hydrogen-bond donors (Lipinski definition) is 1. The molecule has 0 radical (unpaired) electrons. The van der Waals surface area contributed by atoms with Crippen LogP contribution in [0.4, 0.5) is 0 Å². The third-order valence-electron chi connectivity index (χ3n) is 3.88. The van der Waals surface area contributed by atoms with Gasteiger partial charge in [-0.15, -0.1) is 5.10 Å². The number of nitrogens with one attached hydrogen (secondary N) is 1. The molecule has 4 rings (SSSR count). The van der Waals surface area contributed by atoms with Gasteiger partial charge in [-0.1, -0.05) is 6.07 Å². The van der Waals surface area contributed by atoms with E-state index in [1.165, 1.54) is 18.5 Å². The van der Waals surface area contributed by atoms with Crippen LogP contribution < -0.4 is 5.32 Å². The number of piperidine rings is 1. The molecule has 21 heavy (non-hydrogen) atoms. The Labute approximate surface area is 122 Å². The summed E-state index contributed by atoms with van der Waals surface area (Å²) in [5, 5.41) is 8.05. The van der Waals surface area contributed by atoms with Crippen LogP contribution in [0.5, 0.6) is 0 Å². The van der Waals surface area contributed by atoms with E-state index in [1.807, 2.05) is 35.0 Å². The summed E-state index contributed by atoms with van der Waals surface area (Å²) < 4.78 is 1.86. The van der Waals surface area contributed by atoms with Crippen molar-refractivity contribution in [2.75, 3.05) is 13.1 Å². The topological polar surface area (TPSA) is 68.0 Å². The van der Waals surface area contributed by atoms with Crippen LogP contribution in [0.1, 0.15) is 24.5 Å². The Kier molecular flexibility index (Phi) is 3.08. The van der Waals surface area contributed by atoms with Crippen LogP contribution in [-0.4, -0.2) is 37.7 Å². The molecule has 1 aliphatic heterocycles. The smallest absolute Gasteiger partial charge is 0.252 e. The summed E-state index contributed by atoms with van der Waals surface area (Å²) in [4.78, 5) is 13.1. The van der Waals surface area contributed by atoms with E-state index < -0.39 is 0 Å². The molecule has 0 amide bonds. The Hall–Kier alpha value is -2.34. The van der Waals surface area contributed by atoms with Crippen molar-refractivity contribution < 1.29 is 0 Å². The second-order valence-corrected chi connectivity index (χ2v) is 5.28. The predicted molar refractivity (Wildman–Crippen MR) is 78.9 cm³/mol. The molecule has 0 aromatic carbocycles. The molecule has 0 spiro atoms. The maximum atomic E-state index is 4.61. The largest absolute Gasteiger partial charge is 0.316 e. The van der Waals surface area contributed by atoms with Crippen molar-refractivity contribution in [3.8, 4) is 11.5 Å². The molecule has 1 aliphatic rings. The van der Waals surface area contributed by atoms with Crippen molar-refractivity contribution in [3.05, 3.63) is 42.4 Å². The lowest BCUT2D eigenvalue weighted by Crippen LogP contribution is -2.29. The van der Waals surface area contributed by atoms with E-state index >= 15 is 0 Å². The lowest BCUT2D eigenvalue weighted by atomic mass is 9.96. The molecule has 4 heterocycles. The predicted octanol–water partition coefficient (Wildman–Crippen LogP) is 1.65. The van der Waals surface area contributed by atoms with Crippen LogP contribution in [0.3, 0.4) is 0 Å². The number of pyridine rings is 1. The molecule has 3 aromatic heterocycles. The molecule has 1 unspecified atom stereocenters. The lowest BCUT2D eigenvalue weighted by Gasteiger charge is -2.22. The fourth-order valence-electron chi connectivity index (χ4n) is 2.83. The second-order valence-electron chi connectivity index (χ2n) is 5.28. The average molecular weight is 280 g/mol. The molecule has 6 nitrogen and oxygen atoms in total. The molecule has 0 saturated carbocycles. The van der Waals surface area contributed by atoms with Crippen molar-refractivity contribution in [2.45, 2.75) is 18.8 Å². The van der Waals surface area contributed by atoms with E-state index in [4.69, 9.17) is 0 Å². The summed E-state index contributed by atoms with van der Waals surface area (Å²) >= 11 is 0. The fraction of sp³-hybridized carbons (Fsp3) is 0.333.